The molecule has 10 nitrogen and oxygen atoms in total. The van der Waals surface area contributed by atoms with E-state index in [0.717, 1.165) is 41.9 Å². The number of nitrogens with one attached hydrogen (secondary N) is 1. The molecule has 1 fully saturated rings. The summed E-state index contributed by atoms with van der Waals surface area (Å²) in [6, 6.07) is 10.1. The lowest BCUT2D eigenvalue weighted by molar-refractivity contribution is 0.174. The fraction of sp³-hybridized carbons (Fsp3) is 0.381. The van der Waals surface area contributed by atoms with Gasteiger partial charge >= 0.3 is 6.03 Å². The summed E-state index contributed by atoms with van der Waals surface area (Å²) >= 11 is 0. The second-order valence-electron chi connectivity index (χ2n) is 7.71. The van der Waals surface area contributed by atoms with E-state index in [1.165, 1.54) is 12.1 Å². The van der Waals surface area contributed by atoms with E-state index in [1.807, 2.05) is 24.3 Å². The molecule has 1 N–H and O–H groups in total. The van der Waals surface area contributed by atoms with Crippen molar-refractivity contribution in [1.82, 2.24) is 9.21 Å². The summed E-state index contributed by atoms with van der Waals surface area (Å²) in [5.74, 6) is 1.60. The number of para-hydroxylation sites is 2. The first-order chi connectivity index (χ1) is 15.5. The number of nitrogens with zero attached hydrogens (tertiary/aromatic N) is 3. The van der Waals surface area contributed by atoms with Gasteiger partial charge in [0.1, 0.15) is 10.6 Å². The van der Waals surface area contributed by atoms with Gasteiger partial charge in [0.05, 0.1) is 25.0 Å². The van der Waals surface area contributed by atoms with Gasteiger partial charge in [-0.25, -0.2) is 17.5 Å². The van der Waals surface area contributed by atoms with E-state index in [1.54, 1.807) is 7.11 Å². The van der Waals surface area contributed by atoms with Gasteiger partial charge in [-0.1, -0.05) is 12.1 Å². The van der Waals surface area contributed by atoms with Crippen LogP contribution in [-0.4, -0.2) is 76.8 Å². The van der Waals surface area contributed by atoms with Gasteiger partial charge in [-0.15, -0.1) is 0 Å². The van der Waals surface area contributed by atoms with Crippen molar-refractivity contribution in [3.8, 4) is 17.2 Å². The number of benzene rings is 2. The van der Waals surface area contributed by atoms with Gasteiger partial charge in [-0.2, -0.15) is 0 Å². The third-order valence-electron chi connectivity index (χ3n) is 5.93. The summed E-state index contributed by atoms with van der Waals surface area (Å²) in [6.07, 6.45) is 0. The van der Waals surface area contributed by atoms with Crippen molar-refractivity contribution in [3.05, 3.63) is 36.4 Å². The molecule has 0 saturated carbocycles. The molecule has 2 aromatic rings. The summed E-state index contributed by atoms with van der Waals surface area (Å²) in [5.41, 5.74) is 1.25. The van der Waals surface area contributed by atoms with Crippen LogP contribution in [0.25, 0.3) is 0 Å². The standard InChI is InChI=1S/C21H24N4O6S/c1-29-17-5-3-2-4-16(17)24-9-6-23(7-10-24)8-11-25-21(26)22-15-12-18-19(31-14-30-18)13-20(15)32(25,27)28/h2-5,12-13H,6-11,14H2,1H3,(H,22,26). The predicted molar refractivity (Wildman–Crippen MR) is 117 cm³/mol. The van der Waals surface area contributed by atoms with Crippen molar-refractivity contribution in [2.45, 2.75) is 4.90 Å². The lowest BCUT2D eigenvalue weighted by atomic mass is 10.2. The molecule has 1 saturated heterocycles. The predicted octanol–water partition coefficient (Wildman–Crippen LogP) is 1.78. The minimum Gasteiger partial charge on any atom is -0.495 e. The molecule has 0 unspecified atom stereocenters. The van der Waals surface area contributed by atoms with E-state index >= 15 is 0 Å². The molecule has 3 aliphatic heterocycles. The van der Waals surface area contributed by atoms with Gasteiger partial charge in [0.15, 0.2) is 11.5 Å². The number of ether oxygens (including phenoxy) is 3. The summed E-state index contributed by atoms with van der Waals surface area (Å²) in [6.45, 7) is 3.61. The normalized spacial score (nSPS) is 19.5. The number of methoxy groups -OCH3 is 1. The number of anilines is 2. The largest absolute Gasteiger partial charge is 0.495 e. The molecular weight excluding hydrogens is 436 g/mol. The second-order valence-corrected chi connectivity index (χ2v) is 9.54. The highest BCUT2D eigenvalue weighted by atomic mass is 32.2. The maximum Gasteiger partial charge on any atom is 0.335 e. The first-order valence-electron chi connectivity index (χ1n) is 10.3. The lowest BCUT2D eigenvalue weighted by Crippen LogP contribution is -2.51. The van der Waals surface area contributed by atoms with Crippen LogP contribution in [-0.2, 0) is 10.0 Å². The molecule has 0 atom stereocenters. The number of carbonyl (C=O) groups is 1. The smallest absolute Gasteiger partial charge is 0.335 e. The molecule has 3 heterocycles. The summed E-state index contributed by atoms with van der Waals surface area (Å²) in [4.78, 5) is 17.0. The van der Waals surface area contributed by atoms with Crippen molar-refractivity contribution >= 4 is 27.4 Å². The number of fused-ring (bicyclic) bond motifs is 2. The molecule has 0 aliphatic carbocycles. The number of rotatable bonds is 5. The van der Waals surface area contributed by atoms with Gasteiger partial charge in [-0.05, 0) is 12.1 Å². The lowest BCUT2D eigenvalue weighted by Gasteiger charge is -2.37. The Labute approximate surface area is 186 Å². The SMILES string of the molecule is COc1ccccc1N1CCN(CCN2C(=O)Nc3cc4c(cc3S2(=O)=O)OCO4)CC1. The minimum atomic E-state index is -3.99. The number of amides is 2. The average Bonchev–Trinajstić information content (AvgIpc) is 3.26. The molecule has 5 rings (SSSR count). The Morgan fingerprint density at radius 1 is 1.03 bits per heavy atom. The zero-order chi connectivity index (χ0) is 22.3. The summed E-state index contributed by atoms with van der Waals surface area (Å²) < 4.78 is 43.2. The van der Waals surface area contributed by atoms with Crippen LogP contribution in [0.3, 0.4) is 0 Å². The maximum atomic E-state index is 13.1. The Kier molecular flexibility index (Phi) is 5.22. The average molecular weight is 461 g/mol. The van der Waals surface area contributed by atoms with Crippen LogP contribution < -0.4 is 24.4 Å². The second kappa shape index (κ2) is 8.06. The van der Waals surface area contributed by atoms with Crippen LogP contribution in [0.2, 0.25) is 0 Å². The Bertz CT molecular complexity index is 1150. The molecule has 32 heavy (non-hydrogen) atoms. The monoisotopic (exact) mass is 460 g/mol. The van der Waals surface area contributed by atoms with E-state index in [9.17, 15) is 13.2 Å². The summed E-state index contributed by atoms with van der Waals surface area (Å²) in [5, 5.41) is 2.66. The fourth-order valence-electron chi connectivity index (χ4n) is 4.20. The van der Waals surface area contributed by atoms with Crippen molar-refractivity contribution in [2.75, 3.05) is 63.4 Å². The highest BCUT2D eigenvalue weighted by molar-refractivity contribution is 7.90. The molecule has 2 aromatic carbocycles. The van der Waals surface area contributed by atoms with Crippen LogP contribution in [0.5, 0.6) is 17.2 Å². The van der Waals surface area contributed by atoms with E-state index in [0.29, 0.717) is 18.0 Å². The minimum absolute atomic E-state index is 0.0161. The first kappa shape index (κ1) is 20.7. The van der Waals surface area contributed by atoms with Crippen LogP contribution in [0, 0.1) is 0 Å². The molecule has 0 bridgehead atoms. The first-order valence-corrected chi connectivity index (χ1v) is 11.8. The molecule has 11 heteroatoms. The molecule has 3 aliphatic rings. The fourth-order valence-corrected chi connectivity index (χ4v) is 5.66. The topological polar surface area (TPSA) is 101 Å². The van der Waals surface area contributed by atoms with Crippen LogP contribution >= 0.6 is 0 Å². The zero-order valence-electron chi connectivity index (χ0n) is 17.6. The molecule has 0 aromatic heterocycles. The number of sulfonamides is 1. The Hall–Kier alpha value is -3.18. The van der Waals surface area contributed by atoms with Gasteiger partial charge in [-0.3, -0.25) is 4.90 Å². The highest BCUT2D eigenvalue weighted by Gasteiger charge is 2.38. The third-order valence-corrected chi connectivity index (χ3v) is 7.75. The van der Waals surface area contributed by atoms with Crippen LogP contribution in [0.15, 0.2) is 41.3 Å². The number of hydrogen-bond acceptors (Lipinski definition) is 8. The van der Waals surface area contributed by atoms with Crippen LogP contribution in [0.1, 0.15) is 0 Å². The van der Waals surface area contributed by atoms with Crippen molar-refractivity contribution in [3.63, 3.8) is 0 Å². The van der Waals surface area contributed by atoms with Gasteiger partial charge in [0.25, 0.3) is 10.0 Å². The van der Waals surface area contributed by atoms with Gasteiger partial charge in [0.2, 0.25) is 6.79 Å². The van der Waals surface area contributed by atoms with E-state index < -0.39 is 16.1 Å². The van der Waals surface area contributed by atoms with Crippen molar-refractivity contribution in [2.24, 2.45) is 0 Å². The van der Waals surface area contributed by atoms with Crippen molar-refractivity contribution in [1.29, 1.82) is 0 Å². The van der Waals surface area contributed by atoms with Crippen LogP contribution in [0.4, 0.5) is 16.2 Å². The number of carbonyl (C=O) groups excluding carboxylic acids is 1. The number of piperazine rings is 1. The number of urea groups is 1. The Morgan fingerprint density at radius 3 is 2.50 bits per heavy atom. The van der Waals surface area contributed by atoms with E-state index in [2.05, 4.69) is 15.1 Å². The van der Waals surface area contributed by atoms with Crippen molar-refractivity contribution < 1.29 is 27.4 Å². The molecule has 0 spiro atoms. The zero-order valence-corrected chi connectivity index (χ0v) is 18.4. The quantitative estimate of drug-likeness (QED) is 0.721. The number of hydrogen-bond donors (Lipinski definition) is 1. The molecule has 0 radical (unpaired) electrons. The van der Waals surface area contributed by atoms with Gasteiger partial charge < -0.3 is 24.4 Å². The Morgan fingerprint density at radius 2 is 1.75 bits per heavy atom. The molecular formula is C21H24N4O6S. The molecule has 170 valence electrons. The highest BCUT2D eigenvalue weighted by Crippen LogP contribution is 2.41. The van der Waals surface area contributed by atoms with E-state index in [4.69, 9.17) is 14.2 Å². The third kappa shape index (κ3) is 3.56. The maximum absolute atomic E-state index is 13.1. The Balaban J connectivity index is 1.24. The van der Waals surface area contributed by atoms with E-state index in [-0.39, 0.29) is 23.9 Å². The summed E-state index contributed by atoms with van der Waals surface area (Å²) in [7, 11) is -2.33. The van der Waals surface area contributed by atoms with Gasteiger partial charge in [0, 0.05) is 44.9 Å². The molecule has 2 amide bonds.